The van der Waals surface area contributed by atoms with E-state index in [2.05, 4.69) is 38.2 Å². The topological polar surface area (TPSA) is 0 Å². The summed E-state index contributed by atoms with van der Waals surface area (Å²) in [5.41, 5.74) is 0. The van der Waals surface area contributed by atoms with Crippen LogP contribution in [0.15, 0.2) is 24.3 Å². The van der Waals surface area contributed by atoms with Gasteiger partial charge in [-0.2, -0.15) is 0 Å². The van der Waals surface area contributed by atoms with E-state index in [4.69, 9.17) is 0 Å². The summed E-state index contributed by atoms with van der Waals surface area (Å²) in [7, 11) is 0. The van der Waals surface area contributed by atoms with Crippen molar-refractivity contribution in [1.29, 1.82) is 0 Å². The Balaban J connectivity index is 3.13. The lowest BCUT2D eigenvalue weighted by molar-refractivity contribution is 0.611. The van der Waals surface area contributed by atoms with Gasteiger partial charge in [-0.15, -0.1) is 0 Å². The zero-order valence-corrected chi connectivity index (χ0v) is 11.8. The van der Waals surface area contributed by atoms with E-state index in [9.17, 15) is 0 Å². The molecule has 0 N–H and O–H groups in total. The Hall–Kier alpha value is -0.520. The van der Waals surface area contributed by atoms with Crippen LogP contribution in [0.3, 0.4) is 0 Å². The Kier molecular flexibility index (Phi) is 15.0. The van der Waals surface area contributed by atoms with Crippen molar-refractivity contribution in [3.8, 4) is 0 Å². The molecule has 0 aliphatic heterocycles. The first-order valence-electron chi connectivity index (χ1n) is 7.52. The van der Waals surface area contributed by atoms with Crippen molar-refractivity contribution in [3.63, 3.8) is 0 Å². The molecule has 0 atom stereocenters. The van der Waals surface area contributed by atoms with Crippen molar-refractivity contribution in [2.75, 3.05) is 0 Å². The van der Waals surface area contributed by atoms with Crippen molar-refractivity contribution < 1.29 is 0 Å². The van der Waals surface area contributed by atoms with Crippen LogP contribution < -0.4 is 0 Å². The first kappa shape index (κ1) is 16.5. The lowest BCUT2D eigenvalue weighted by Gasteiger charge is -1.97. The van der Waals surface area contributed by atoms with E-state index in [-0.39, 0.29) is 0 Å². The molecule has 1 radical (unpaired) electrons. The van der Waals surface area contributed by atoms with Crippen LogP contribution in [-0.2, 0) is 0 Å². The fourth-order valence-electron chi connectivity index (χ4n) is 1.83. The number of hydrogen-bond acceptors (Lipinski definition) is 0. The molecule has 99 valence electrons. The van der Waals surface area contributed by atoms with Gasteiger partial charge in [0.2, 0.25) is 0 Å². The molecular weight excluding hydrogens is 204 g/mol. The lowest BCUT2D eigenvalue weighted by atomic mass is 10.1. The van der Waals surface area contributed by atoms with E-state index in [1.807, 2.05) is 0 Å². The number of allylic oxidation sites excluding steroid dienone is 4. The van der Waals surface area contributed by atoms with Crippen LogP contribution in [0.25, 0.3) is 0 Å². The van der Waals surface area contributed by atoms with E-state index in [1.165, 1.54) is 64.2 Å². The summed E-state index contributed by atoms with van der Waals surface area (Å²) in [6.45, 7) is 6.11. The summed E-state index contributed by atoms with van der Waals surface area (Å²) in [5, 5.41) is 0. The van der Waals surface area contributed by atoms with Crippen molar-refractivity contribution in [3.05, 3.63) is 31.2 Å². The maximum atomic E-state index is 3.84. The van der Waals surface area contributed by atoms with Crippen LogP contribution >= 0.6 is 0 Å². The highest BCUT2D eigenvalue weighted by Gasteiger charge is 1.87. The van der Waals surface area contributed by atoms with Gasteiger partial charge in [-0.05, 0) is 25.7 Å². The van der Waals surface area contributed by atoms with Crippen LogP contribution in [0, 0.1) is 6.92 Å². The van der Waals surface area contributed by atoms with Crippen molar-refractivity contribution in [2.45, 2.75) is 77.6 Å². The van der Waals surface area contributed by atoms with E-state index in [0.717, 1.165) is 6.42 Å². The van der Waals surface area contributed by atoms with Crippen LogP contribution in [-0.4, -0.2) is 0 Å². The van der Waals surface area contributed by atoms with Crippen LogP contribution in [0.5, 0.6) is 0 Å². The monoisotopic (exact) mass is 235 g/mol. The van der Waals surface area contributed by atoms with Gasteiger partial charge < -0.3 is 0 Å². The maximum Gasteiger partial charge on any atom is -0.0348 e. The van der Waals surface area contributed by atoms with E-state index in [0.29, 0.717) is 0 Å². The Labute approximate surface area is 109 Å². The van der Waals surface area contributed by atoms with Crippen molar-refractivity contribution in [2.24, 2.45) is 0 Å². The molecule has 0 saturated carbocycles. The van der Waals surface area contributed by atoms with Crippen LogP contribution in [0.1, 0.15) is 77.6 Å². The molecule has 0 heteroatoms. The Bertz CT molecular complexity index is 176. The number of hydrogen-bond donors (Lipinski definition) is 0. The van der Waals surface area contributed by atoms with Crippen LogP contribution in [0.2, 0.25) is 0 Å². The molecule has 0 unspecified atom stereocenters. The van der Waals surface area contributed by atoms with Gasteiger partial charge in [0.05, 0.1) is 0 Å². The molecule has 0 heterocycles. The first-order valence-corrected chi connectivity index (χ1v) is 7.52. The van der Waals surface area contributed by atoms with E-state index in [1.54, 1.807) is 0 Å². The Morgan fingerprint density at radius 3 is 1.82 bits per heavy atom. The normalized spacial score (nSPS) is 11.9. The van der Waals surface area contributed by atoms with Gasteiger partial charge in [-0.25, -0.2) is 0 Å². The second-order valence-electron chi connectivity index (χ2n) is 4.76. The van der Waals surface area contributed by atoms with Crippen molar-refractivity contribution >= 4 is 0 Å². The molecule has 0 bridgehead atoms. The summed E-state index contributed by atoms with van der Waals surface area (Å²) in [6, 6.07) is 0. The molecule has 0 fully saturated rings. The Morgan fingerprint density at radius 2 is 1.24 bits per heavy atom. The smallest absolute Gasteiger partial charge is 0.0348 e. The minimum atomic E-state index is 1.07. The average molecular weight is 235 g/mol. The maximum absolute atomic E-state index is 3.84. The van der Waals surface area contributed by atoms with Crippen molar-refractivity contribution in [1.82, 2.24) is 0 Å². The minimum Gasteiger partial charge on any atom is -0.0845 e. The lowest BCUT2D eigenvalue weighted by Crippen LogP contribution is -1.77. The van der Waals surface area contributed by atoms with Gasteiger partial charge in [0.1, 0.15) is 0 Å². The van der Waals surface area contributed by atoms with Gasteiger partial charge in [-0.1, -0.05) is 83.1 Å². The highest BCUT2D eigenvalue weighted by atomic mass is 13.9. The van der Waals surface area contributed by atoms with Gasteiger partial charge >= 0.3 is 0 Å². The molecule has 0 nitrogen and oxygen atoms in total. The predicted molar refractivity (Wildman–Crippen MR) is 80.1 cm³/mol. The fraction of sp³-hybridized carbons (Fsp3) is 0.706. The number of unbranched alkanes of at least 4 members (excludes halogenated alkanes) is 9. The zero-order chi connectivity index (χ0) is 12.6. The molecule has 0 aromatic carbocycles. The highest BCUT2D eigenvalue weighted by Crippen LogP contribution is 2.07. The second-order valence-corrected chi connectivity index (χ2v) is 4.76. The Morgan fingerprint density at radius 1 is 0.706 bits per heavy atom. The number of rotatable bonds is 12. The molecular formula is C17H31. The summed E-state index contributed by atoms with van der Waals surface area (Å²) >= 11 is 0. The average Bonchev–Trinajstić information content (AvgIpc) is 2.35. The third-order valence-corrected chi connectivity index (χ3v) is 2.98. The zero-order valence-electron chi connectivity index (χ0n) is 11.8. The predicted octanol–water partition coefficient (Wildman–Crippen LogP) is 6.24. The van der Waals surface area contributed by atoms with Gasteiger partial charge in [0, 0.05) is 0 Å². The molecule has 0 amide bonds. The third kappa shape index (κ3) is 15.5. The molecule has 17 heavy (non-hydrogen) atoms. The quantitative estimate of drug-likeness (QED) is 0.277. The largest absolute Gasteiger partial charge is 0.0845 e. The summed E-state index contributed by atoms with van der Waals surface area (Å²) < 4.78 is 0. The third-order valence-electron chi connectivity index (χ3n) is 2.98. The summed E-state index contributed by atoms with van der Waals surface area (Å²) in [4.78, 5) is 0. The van der Waals surface area contributed by atoms with Crippen LogP contribution in [0.4, 0.5) is 0 Å². The summed E-state index contributed by atoms with van der Waals surface area (Å²) in [5.74, 6) is 0. The standard InChI is InChI=1S/C17H31/c1-3-5-7-9-11-13-15-17-16-14-12-10-8-6-4-2/h11,13,15,17H,1,3-10,12,14,16H2,2H3. The first-order chi connectivity index (χ1) is 8.41. The molecule has 0 aliphatic rings. The molecule has 0 saturated heterocycles. The van der Waals surface area contributed by atoms with E-state index < -0.39 is 0 Å². The second kappa shape index (κ2) is 15.5. The minimum absolute atomic E-state index is 1.07. The molecule has 0 spiro atoms. The van der Waals surface area contributed by atoms with Gasteiger partial charge in [-0.3, -0.25) is 0 Å². The molecule has 0 aromatic heterocycles. The fourth-order valence-corrected chi connectivity index (χ4v) is 1.83. The molecule has 0 aliphatic carbocycles. The highest BCUT2D eigenvalue weighted by molar-refractivity contribution is 5.02. The summed E-state index contributed by atoms with van der Waals surface area (Å²) in [6.07, 6.45) is 23.4. The SMILES string of the molecule is [CH2]CCCCC=CC=CCCCCCCCC. The van der Waals surface area contributed by atoms with Gasteiger partial charge in [0.25, 0.3) is 0 Å². The molecule has 0 aromatic rings. The van der Waals surface area contributed by atoms with E-state index >= 15 is 0 Å². The van der Waals surface area contributed by atoms with Gasteiger partial charge in [0.15, 0.2) is 0 Å². The molecule has 0 rings (SSSR count).